The standard InChI is InChI=1S/C12H17NOS/c1-8-5-9(2)13-12(6-8)15-11(4)7-10(3)14/h5-6,11H,7H2,1-4H3. The monoisotopic (exact) mass is 223 g/mol. The lowest BCUT2D eigenvalue weighted by molar-refractivity contribution is -0.116. The lowest BCUT2D eigenvalue weighted by atomic mass is 10.2. The molecule has 0 saturated heterocycles. The van der Waals surface area contributed by atoms with Gasteiger partial charge in [-0.25, -0.2) is 4.98 Å². The van der Waals surface area contributed by atoms with E-state index < -0.39 is 0 Å². The fraction of sp³-hybridized carbons (Fsp3) is 0.500. The number of Topliss-reactive ketones (excluding diaryl/α,β-unsaturated/α-hetero) is 1. The molecule has 2 nitrogen and oxygen atoms in total. The molecule has 0 fully saturated rings. The van der Waals surface area contributed by atoms with Crippen molar-refractivity contribution >= 4 is 17.5 Å². The van der Waals surface area contributed by atoms with Crippen LogP contribution in [0, 0.1) is 13.8 Å². The maximum absolute atomic E-state index is 10.9. The third-order valence-corrected chi connectivity index (χ3v) is 2.99. The van der Waals surface area contributed by atoms with E-state index in [1.165, 1.54) is 5.56 Å². The number of nitrogens with zero attached hydrogens (tertiary/aromatic N) is 1. The molecule has 1 aromatic heterocycles. The topological polar surface area (TPSA) is 30.0 Å². The van der Waals surface area contributed by atoms with E-state index in [-0.39, 0.29) is 5.78 Å². The number of carbonyl (C=O) groups is 1. The molecule has 0 amide bonds. The number of carbonyl (C=O) groups excluding carboxylic acids is 1. The Morgan fingerprint density at radius 1 is 1.47 bits per heavy atom. The van der Waals surface area contributed by atoms with E-state index in [0.717, 1.165) is 10.7 Å². The molecule has 0 aliphatic carbocycles. The number of hydrogen-bond acceptors (Lipinski definition) is 3. The summed E-state index contributed by atoms with van der Waals surface area (Å²) in [5.41, 5.74) is 2.26. The van der Waals surface area contributed by atoms with Crippen molar-refractivity contribution < 1.29 is 4.79 Å². The van der Waals surface area contributed by atoms with Crippen LogP contribution in [-0.4, -0.2) is 16.0 Å². The summed E-state index contributed by atoms with van der Waals surface area (Å²) < 4.78 is 0. The predicted octanol–water partition coefficient (Wildman–Crippen LogP) is 3.16. The average molecular weight is 223 g/mol. The van der Waals surface area contributed by atoms with Gasteiger partial charge in [-0.3, -0.25) is 4.79 Å². The van der Waals surface area contributed by atoms with E-state index in [1.54, 1.807) is 18.7 Å². The van der Waals surface area contributed by atoms with E-state index in [1.807, 2.05) is 6.92 Å². The third-order valence-electron chi connectivity index (χ3n) is 1.97. The van der Waals surface area contributed by atoms with Crippen LogP contribution in [0.2, 0.25) is 0 Å². The van der Waals surface area contributed by atoms with Crippen LogP contribution in [-0.2, 0) is 4.79 Å². The molecule has 0 N–H and O–H groups in total. The van der Waals surface area contributed by atoms with Crippen molar-refractivity contribution in [2.45, 2.75) is 44.4 Å². The molecule has 0 aliphatic rings. The summed E-state index contributed by atoms with van der Waals surface area (Å²) in [7, 11) is 0. The molecule has 3 heteroatoms. The van der Waals surface area contributed by atoms with Gasteiger partial charge in [-0.05, 0) is 38.5 Å². The van der Waals surface area contributed by atoms with Crippen molar-refractivity contribution in [1.29, 1.82) is 0 Å². The van der Waals surface area contributed by atoms with E-state index >= 15 is 0 Å². The van der Waals surface area contributed by atoms with Crippen LogP contribution in [0.5, 0.6) is 0 Å². The number of pyridine rings is 1. The van der Waals surface area contributed by atoms with Crippen molar-refractivity contribution in [1.82, 2.24) is 4.98 Å². The molecule has 0 bridgehead atoms. The lowest BCUT2D eigenvalue weighted by Crippen LogP contribution is -2.03. The number of ketones is 1. The van der Waals surface area contributed by atoms with Crippen LogP contribution < -0.4 is 0 Å². The van der Waals surface area contributed by atoms with Gasteiger partial charge in [0.15, 0.2) is 0 Å². The molecule has 0 saturated carbocycles. The highest BCUT2D eigenvalue weighted by Gasteiger charge is 2.08. The Morgan fingerprint density at radius 2 is 2.13 bits per heavy atom. The van der Waals surface area contributed by atoms with Crippen molar-refractivity contribution in [3.63, 3.8) is 0 Å². The second-order valence-corrected chi connectivity index (χ2v) is 5.42. The van der Waals surface area contributed by atoms with Gasteiger partial charge in [-0.15, -0.1) is 11.8 Å². The second kappa shape index (κ2) is 5.31. The zero-order chi connectivity index (χ0) is 11.4. The minimum atomic E-state index is 0.236. The summed E-state index contributed by atoms with van der Waals surface area (Å²) in [5, 5.41) is 1.32. The minimum absolute atomic E-state index is 0.236. The lowest BCUT2D eigenvalue weighted by Gasteiger charge is -2.09. The van der Waals surface area contributed by atoms with Crippen molar-refractivity contribution in [3.05, 3.63) is 23.4 Å². The summed E-state index contributed by atoms with van der Waals surface area (Å²) >= 11 is 1.67. The number of hydrogen-bond donors (Lipinski definition) is 0. The molecule has 0 aliphatic heterocycles. The Balaban J connectivity index is 2.67. The van der Waals surface area contributed by atoms with E-state index in [0.29, 0.717) is 11.7 Å². The summed E-state index contributed by atoms with van der Waals surface area (Å²) in [6, 6.07) is 4.12. The smallest absolute Gasteiger partial charge is 0.130 e. The third kappa shape index (κ3) is 4.47. The highest BCUT2D eigenvalue weighted by molar-refractivity contribution is 7.99. The quantitative estimate of drug-likeness (QED) is 0.734. The number of aryl methyl sites for hydroxylation is 2. The van der Waals surface area contributed by atoms with Crippen LogP contribution in [0.25, 0.3) is 0 Å². The molecule has 1 heterocycles. The zero-order valence-corrected chi connectivity index (χ0v) is 10.5. The molecule has 82 valence electrons. The van der Waals surface area contributed by atoms with Crippen molar-refractivity contribution in [2.24, 2.45) is 0 Å². The Morgan fingerprint density at radius 3 is 2.67 bits per heavy atom. The highest BCUT2D eigenvalue weighted by Crippen LogP contribution is 2.24. The van der Waals surface area contributed by atoms with Gasteiger partial charge in [-0.2, -0.15) is 0 Å². The molecule has 1 aromatic rings. The first kappa shape index (κ1) is 12.2. The molecule has 0 radical (unpaired) electrons. The summed E-state index contributed by atoms with van der Waals surface area (Å²) in [6.45, 7) is 7.75. The number of rotatable bonds is 4. The first-order valence-corrected chi connectivity index (χ1v) is 5.96. The summed E-state index contributed by atoms with van der Waals surface area (Å²) in [4.78, 5) is 15.4. The van der Waals surface area contributed by atoms with Gasteiger partial charge < -0.3 is 0 Å². The maximum atomic E-state index is 10.9. The fourth-order valence-corrected chi connectivity index (χ4v) is 2.70. The molecule has 0 spiro atoms. The average Bonchev–Trinajstić information content (AvgIpc) is 1.98. The largest absolute Gasteiger partial charge is 0.300 e. The molecule has 15 heavy (non-hydrogen) atoms. The highest BCUT2D eigenvalue weighted by atomic mass is 32.2. The van der Waals surface area contributed by atoms with Gasteiger partial charge in [0.2, 0.25) is 0 Å². The van der Waals surface area contributed by atoms with Crippen LogP contribution in [0.1, 0.15) is 31.5 Å². The fourth-order valence-electron chi connectivity index (χ4n) is 1.52. The molecular formula is C12H17NOS. The maximum Gasteiger partial charge on any atom is 0.130 e. The van der Waals surface area contributed by atoms with Gasteiger partial charge in [0.05, 0.1) is 5.03 Å². The Labute approximate surface area is 95.5 Å². The Hall–Kier alpha value is -0.830. The normalized spacial score (nSPS) is 12.5. The molecule has 1 unspecified atom stereocenters. The van der Waals surface area contributed by atoms with E-state index in [2.05, 4.69) is 31.0 Å². The van der Waals surface area contributed by atoms with Gasteiger partial charge in [0, 0.05) is 17.4 Å². The SMILES string of the molecule is CC(=O)CC(C)Sc1cc(C)cc(C)n1. The van der Waals surface area contributed by atoms with Crippen LogP contribution in [0.4, 0.5) is 0 Å². The predicted molar refractivity (Wildman–Crippen MR) is 64.3 cm³/mol. The van der Waals surface area contributed by atoms with Gasteiger partial charge in [0.1, 0.15) is 5.78 Å². The number of aromatic nitrogens is 1. The van der Waals surface area contributed by atoms with E-state index in [4.69, 9.17) is 0 Å². The van der Waals surface area contributed by atoms with E-state index in [9.17, 15) is 4.79 Å². The van der Waals surface area contributed by atoms with Gasteiger partial charge in [-0.1, -0.05) is 6.92 Å². The van der Waals surface area contributed by atoms with Gasteiger partial charge in [0.25, 0.3) is 0 Å². The van der Waals surface area contributed by atoms with Crippen LogP contribution in [0.15, 0.2) is 17.2 Å². The van der Waals surface area contributed by atoms with Crippen LogP contribution in [0.3, 0.4) is 0 Å². The second-order valence-electron chi connectivity index (χ2n) is 3.96. The molecule has 1 atom stereocenters. The minimum Gasteiger partial charge on any atom is -0.300 e. The molecular weight excluding hydrogens is 206 g/mol. The molecule has 1 rings (SSSR count). The summed E-state index contributed by atoms with van der Waals surface area (Å²) in [6.07, 6.45) is 0.610. The first-order valence-electron chi connectivity index (χ1n) is 5.09. The Bertz CT molecular complexity index is 342. The van der Waals surface area contributed by atoms with Crippen molar-refractivity contribution in [3.8, 4) is 0 Å². The Kier molecular flexibility index (Phi) is 4.33. The molecule has 0 aromatic carbocycles. The number of thioether (sulfide) groups is 1. The van der Waals surface area contributed by atoms with Crippen molar-refractivity contribution in [2.75, 3.05) is 0 Å². The van der Waals surface area contributed by atoms with Crippen LogP contribution >= 0.6 is 11.8 Å². The zero-order valence-electron chi connectivity index (χ0n) is 9.70. The summed E-state index contributed by atoms with van der Waals surface area (Å²) in [5.74, 6) is 0.236. The van der Waals surface area contributed by atoms with Gasteiger partial charge >= 0.3 is 0 Å². The first-order chi connectivity index (χ1) is 6.97.